The molecule has 0 aromatic heterocycles. The van der Waals surface area contributed by atoms with Crippen molar-refractivity contribution in [3.05, 3.63) is 35.9 Å². The van der Waals surface area contributed by atoms with Crippen molar-refractivity contribution in [2.45, 2.75) is 25.3 Å². The van der Waals surface area contributed by atoms with Crippen molar-refractivity contribution in [2.75, 3.05) is 27.7 Å². The highest BCUT2D eigenvalue weighted by Gasteiger charge is 2.15. The predicted octanol–water partition coefficient (Wildman–Crippen LogP) is 1.32. The number of hydrogen-bond acceptors (Lipinski definition) is 3. The lowest BCUT2D eigenvalue weighted by Crippen LogP contribution is -2.31. The van der Waals surface area contributed by atoms with Crippen molar-refractivity contribution in [3.63, 3.8) is 0 Å². The number of benzene rings is 1. The fraction of sp³-hybridized carbons (Fsp3) is 0.500. The average Bonchev–Trinajstić information content (AvgIpc) is 2.49. The molecule has 0 fully saturated rings. The SMILES string of the molecule is CNC(=O)CCC(=O)N[C@H](CCN(C)C)c1ccccc1. The second-order valence-electron chi connectivity index (χ2n) is 5.30. The summed E-state index contributed by atoms with van der Waals surface area (Å²) in [6, 6.07) is 9.90. The van der Waals surface area contributed by atoms with Crippen LogP contribution in [0, 0.1) is 0 Å². The lowest BCUT2D eigenvalue weighted by molar-refractivity contribution is -0.126. The van der Waals surface area contributed by atoms with Crippen LogP contribution in [0.1, 0.15) is 30.9 Å². The van der Waals surface area contributed by atoms with E-state index in [1.165, 1.54) is 0 Å². The van der Waals surface area contributed by atoms with Crippen molar-refractivity contribution < 1.29 is 9.59 Å². The van der Waals surface area contributed by atoms with Gasteiger partial charge < -0.3 is 15.5 Å². The molecule has 0 heterocycles. The van der Waals surface area contributed by atoms with Crippen LogP contribution in [0.5, 0.6) is 0 Å². The van der Waals surface area contributed by atoms with Crippen LogP contribution in [0.2, 0.25) is 0 Å². The number of carbonyl (C=O) groups is 2. The standard InChI is InChI=1S/C16H25N3O2/c1-17-15(20)9-10-16(21)18-14(11-12-19(2)3)13-7-5-4-6-8-13/h4-8,14H,9-12H2,1-3H3,(H,17,20)(H,18,21)/t14-/m1/s1. The van der Waals surface area contributed by atoms with E-state index in [4.69, 9.17) is 0 Å². The van der Waals surface area contributed by atoms with Crippen LogP contribution in [-0.4, -0.2) is 44.4 Å². The van der Waals surface area contributed by atoms with Gasteiger partial charge in [0.25, 0.3) is 0 Å². The minimum Gasteiger partial charge on any atom is -0.359 e. The molecule has 116 valence electrons. The Morgan fingerprint density at radius 1 is 1.10 bits per heavy atom. The van der Waals surface area contributed by atoms with Crippen LogP contribution in [0.3, 0.4) is 0 Å². The summed E-state index contributed by atoms with van der Waals surface area (Å²) in [5.41, 5.74) is 1.09. The Morgan fingerprint density at radius 2 is 1.71 bits per heavy atom. The van der Waals surface area contributed by atoms with Gasteiger partial charge in [-0.3, -0.25) is 9.59 Å². The maximum Gasteiger partial charge on any atom is 0.220 e. The van der Waals surface area contributed by atoms with Gasteiger partial charge in [0.2, 0.25) is 11.8 Å². The lowest BCUT2D eigenvalue weighted by atomic mass is 10.0. The Morgan fingerprint density at radius 3 is 2.29 bits per heavy atom. The molecule has 5 heteroatoms. The largest absolute Gasteiger partial charge is 0.359 e. The van der Waals surface area contributed by atoms with E-state index in [1.807, 2.05) is 44.4 Å². The first kappa shape index (κ1) is 17.2. The van der Waals surface area contributed by atoms with Crippen LogP contribution in [0.25, 0.3) is 0 Å². The molecule has 1 atom stereocenters. The summed E-state index contributed by atoms with van der Waals surface area (Å²) in [7, 11) is 5.59. The summed E-state index contributed by atoms with van der Waals surface area (Å²) in [5, 5.41) is 5.54. The molecule has 0 aliphatic carbocycles. The maximum absolute atomic E-state index is 12.0. The van der Waals surface area contributed by atoms with Gasteiger partial charge >= 0.3 is 0 Å². The van der Waals surface area contributed by atoms with Crippen molar-refractivity contribution in [2.24, 2.45) is 0 Å². The molecule has 0 unspecified atom stereocenters. The molecule has 5 nitrogen and oxygen atoms in total. The minimum absolute atomic E-state index is 0.0224. The zero-order valence-corrected chi connectivity index (χ0v) is 13.1. The molecule has 0 spiro atoms. The zero-order chi connectivity index (χ0) is 15.7. The van der Waals surface area contributed by atoms with Gasteiger partial charge in [0, 0.05) is 19.9 Å². The molecular weight excluding hydrogens is 266 g/mol. The molecule has 0 aliphatic rings. The van der Waals surface area contributed by atoms with E-state index in [0.717, 1.165) is 18.5 Å². The molecule has 0 saturated carbocycles. The number of nitrogens with one attached hydrogen (secondary N) is 2. The first-order valence-electron chi connectivity index (χ1n) is 7.22. The zero-order valence-electron chi connectivity index (χ0n) is 13.1. The molecule has 2 amide bonds. The van der Waals surface area contributed by atoms with E-state index in [-0.39, 0.29) is 30.7 Å². The van der Waals surface area contributed by atoms with Crippen LogP contribution in [-0.2, 0) is 9.59 Å². The molecule has 0 bridgehead atoms. The number of nitrogens with zero attached hydrogens (tertiary/aromatic N) is 1. The summed E-state index contributed by atoms with van der Waals surface area (Å²) in [4.78, 5) is 25.3. The fourth-order valence-corrected chi connectivity index (χ4v) is 2.01. The normalized spacial score (nSPS) is 12.0. The molecule has 2 N–H and O–H groups in total. The van der Waals surface area contributed by atoms with Gasteiger partial charge in [-0.2, -0.15) is 0 Å². The topological polar surface area (TPSA) is 61.4 Å². The van der Waals surface area contributed by atoms with Gasteiger partial charge in [0.1, 0.15) is 0 Å². The van der Waals surface area contributed by atoms with Gasteiger partial charge in [-0.05, 0) is 32.6 Å². The summed E-state index contributed by atoms with van der Waals surface area (Å²) < 4.78 is 0. The minimum atomic E-state index is -0.116. The highest BCUT2D eigenvalue weighted by Crippen LogP contribution is 2.17. The van der Waals surface area contributed by atoms with Crippen molar-refractivity contribution in [3.8, 4) is 0 Å². The Labute approximate surface area is 126 Å². The van der Waals surface area contributed by atoms with Crippen molar-refractivity contribution in [1.82, 2.24) is 15.5 Å². The molecule has 1 aromatic rings. The van der Waals surface area contributed by atoms with Crippen molar-refractivity contribution >= 4 is 11.8 Å². The third kappa shape index (κ3) is 6.90. The van der Waals surface area contributed by atoms with Crippen LogP contribution in [0.15, 0.2) is 30.3 Å². The Hall–Kier alpha value is -1.88. The molecule has 0 saturated heterocycles. The van der Waals surface area contributed by atoms with Gasteiger partial charge in [-0.15, -0.1) is 0 Å². The Bertz CT molecular complexity index is 446. The third-order valence-corrected chi connectivity index (χ3v) is 3.26. The summed E-state index contributed by atoms with van der Waals surface area (Å²) in [5.74, 6) is -0.207. The van der Waals surface area contributed by atoms with E-state index in [0.29, 0.717) is 0 Å². The molecular formula is C16H25N3O2. The van der Waals surface area contributed by atoms with Gasteiger partial charge in [0.05, 0.1) is 6.04 Å². The number of amides is 2. The highest BCUT2D eigenvalue weighted by atomic mass is 16.2. The van der Waals surface area contributed by atoms with Crippen LogP contribution in [0.4, 0.5) is 0 Å². The first-order chi connectivity index (χ1) is 10.0. The molecule has 0 radical (unpaired) electrons. The van der Waals surface area contributed by atoms with Gasteiger partial charge in [-0.1, -0.05) is 30.3 Å². The second kappa shape index (κ2) is 9.13. The summed E-state index contributed by atoms with van der Waals surface area (Å²) in [6.07, 6.45) is 1.27. The number of rotatable bonds is 8. The van der Waals surface area contributed by atoms with E-state index >= 15 is 0 Å². The van der Waals surface area contributed by atoms with E-state index in [9.17, 15) is 9.59 Å². The molecule has 1 aromatic carbocycles. The Kier molecular flexibility index (Phi) is 7.46. The summed E-state index contributed by atoms with van der Waals surface area (Å²) >= 11 is 0. The van der Waals surface area contributed by atoms with Crippen molar-refractivity contribution in [1.29, 1.82) is 0 Å². The van der Waals surface area contributed by atoms with Gasteiger partial charge in [-0.25, -0.2) is 0 Å². The van der Waals surface area contributed by atoms with Crippen LogP contribution >= 0.6 is 0 Å². The number of carbonyl (C=O) groups excluding carboxylic acids is 2. The molecule has 1 rings (SSSR count). The predicted molar refractivity (Wildman–Crippen MR) is 83.8 cm³/mol. The van der Waals surface area contributed by atoms with E-state index in [2.05, 4.69) is 15.5 Å². The highest BCUT2D eigenvalue weighted by molar-refractivity contribution is 5.83. The molecule has 0 aliphatic heterocycles. The first-order valence-corrected chi connectivity index (χ1v) is 7.22. The summed E-state index contributed by atoms with van der Waals surface area (Å²) in [6.45, 7) is 0.884. The smallest absolute Gasteiger partial charge is 0.220 e. The average molecular weight is 291 g/mol. The quantitative estimate of drug-likeness (QED) is 0.759. The monoisotopic (exact) mass is 291 g/mol. The van der Waals surface area contributed by atoms with E-state index in [1.54, 1.807) is 7.05 Å². The maximum atomic E-state index is 12.0. The van der Waals surface area contributed by atoms with Gasteiger partial charge in [0.15, 0.2) is 0 Å². The second-order valence-corrected chi connectivity index (χ2v) is 5.30. The third-order valence-electron chi connectivity index (χ3n) is 3.26. The Balaban J connectivity index is 2.60. The number of hydrogen-bond donors (Lipinski definition) is 2. The van der Waals surface area contributed by atoms with E-state index < -0.39 is 0 Å². The lowest BCUT2D eigenvalue weighted by Gasteiger charge is -2.21. The van der Waals surface area contributed by atoms with Crippen LogP contribution < -0.4 is 10.6 Å². The molecule has 21 heavy (non-hydrogen) atoms. The fourth-order valence-electron chi connectivity index (χ4n) is 2.01.